The molecule has 0 aliphatic carbocycles. The van der Waals surface area contributed by atoms with Gasteiger partial charge >= 0.3 is 0 Å². The molecule has 0 fully saturated rings. The largest absolute Gasteiger partial charge is 0.352 e. The predicted molar refractivity (Wildman–Crippen MR) is 106 cm³/mol. The van der Waals surface area contributed by atoms with Gasteiger partial charge in [-0.3, -0.25) is 9.10 Å². The van der Waals surface area contributed by atoms with Crippen LogP contribution in [0.3, 0.4) is 0 Å². The third-order valence-electron chi connectivity index (χ3n) is 4.25. The van der Waals surface area contributed by atoms with Gasteiger partial charge in [0.25, 0.3) is 0 Å². The van der Waals surface area contributed by atoms with Crippen LogP contribution in [0.5, 0.6) is 0 Å². The topological polar surface area (TPSA) is 66.5 Å². The van der Waals surface area contributed by atoms with Gasteiger partial charge in [-0.25, -0.2) is 12.8 Å². The number of benzene rings is 2. The predicted octanol–water partition coefficient (Wildman–Crippen LogP) is 3.12. The molecule has 0 aromatic heterocycles. The smallest absolute Gasteiger partial charge is 0.243 e. The molecule has 2 atom stereocenters. The lowest BCUT2D eigenvalue weighted by molar-refractivity contribution is -0.122. The van der Waals surface area contributed by atoms with Crippen LogP contribution in [-0.2, 0) is 21.2 Å². The molecule has 2 rings (SSSR count). The third-order valence-corrected chi connectivity index (χ3v) is 5.49. The molecule has 0 spiro atoms. The van der Waals surface area contributed by atoms with Crippen LogP contribution in [0.2, 0.25) is 0 Å². The number of hydrogen-bond acceptors (Lipinski definition) is 3. The SMILES string of the molecule is C[C@H](C(=O)N[C@@H](C)CCc1ccccc1)N(c1cccc(F)c1)S(C)(=O)=O. The lowest BCUT2D eigenvalue weighted by atomic mass is 10.1. The van der Waals surface area contributed by atoms with Gasteiger partial charge < -0.3 is 5.32 Å². The van der Waals surface area contributed by atoms with Crippen molar-refractivity contribution in [3.63, 3.8) is 0 Å². The first-order valence-corrected chi connectivity index (χ1v) is 10.6. The van der Waals surface area contributed by atoms with Crippen molar-refractivity contribution in [1.29, 1.82) is 0 Å². The van der Waals surface area contributed by atoms with E-state index in [9.17, 15) is 17.6 Å². The van der Waals surface area contributed by atoms with E-state index in [0.29, 0.717) is 0 Å². The van der Waals surface area contributed by atoms with Crippen LogP contribution in [0.1, 0.15) is 25.8 Å². The molecule has 0 heterocycles. The maximum atomic E-state index is 13.5. The summed E-state index contributed by atoms with van der Waals surface area (Å²) in [6, 6.07) is 14.0. The van der Waals surface area contributed by atoms with E-state index in [4.69, 9.17) is 0 Å². The van der Waals surface area contributed by atoms with Crippen LogP contribution in [0.4, 0.5) is 10.1 Å². The first kappa shape index (κ1) is 20.9. The molecular formula is C20H25FN2O3S. The van der Waals surface area contributed by atoms with Crippen molar-refractivity contribution in [2.45, 2.75) is 38.8 Å². The Kier molecular flexibility index (Phi) is 6.96. The number of carbonyl (C=O) groups is 1. The zero-order valence-electron chi connectivity index (χ0n) is 15.7. The second-order valence-corrected chi connectivity index (χ2v) is 8.51. The molecule has 1 amide bonds. The summed E-state index contributed by atoms with van der Waals surface area (Å²) in [4.78, 5) is 12.6. The van der Waals surface area contributed by atoms with E-state index in [2.05, 4.69) is 5.32 Å². The van der Waals surface area contributed by atoms with Gasteiger partial charge in [0.1, 0.15) is 11.9 Å². The van der Waals surface area contributed by atoms with E-state index in [1.807, 2.05) is 37.3 Å². The molecule has 2 aromatic carbocycles. The summed E-state index contributed by atoms with van der Waals surface area (Å²) in [7, 11) is -3.76. The van der Waals surface area contributed by atoms with Crippen molar-refractivity contribution in [2.75, 3.05) is 10.6 Å². The Bertz CT molecular complexity index is 872. The fourth-order valence-corrected chi connectivity index (χ4v) is 4.05. The Morgan fingerprint density at radius 3 is 2.37 bits per heavy atom. The summed E-state index contributed by atoms with van der Waals surface area (Å²) < 4.78 is 38.9. The monoisotopic (exact) mass is 392 g/mol. The summed E-state index contributed by atoms with van der Waals surface area (Å²) >= 11 is 0. The zero-order chi connectivity index (χ0) is 20.0. The van der Waals surface area contributed by atoms with E-state index >= 15 is 0 Å². The second kappa shape index (κ2) is 8.99. The van der Waals surface area contributed by atoms with Gasteiger partial charge in [-0.2, -0.15) is 0 Å². The van der Waals surface area contributed by atoms with Crippen LogP contribution in [0, 0.1) is 5.82 Å². The minimum absolute atomic E-state index is 0.122. The number of nitrogens with zero attached hydrogens (tertiary/aromatic N) is 1. The fourth-order valence-electron chi connectivity index (χ4n) is 2.89. The van der Waals surface area contributed by atoms with Crippen molar-refractivity contribution in [1.82, 2.24) is 5.32 Å². The molecule has 0 saturated carbocycles. The number of aryl methyl sites for hydroxylation is 1. The number of rotatable bonds is 8. The number of amides is 1. The van der Waals surface area contributed by atoms with Gasteiger partial charge in [0.15, 0.2) is 0 Å². The highest BCUT2D eigenvalue weighted by atomic mass is 32.2. The van der Waals surface area contributed by atoms with Crippen LogP contribution in [0.25, 0.3) is 0 Å². The van der Waals surface area contributed by atoms with Crippen molar-refractivity contribution in [3.05, 3.63) is 66.0 Å². The quantitative estimate of drug-likeness (QED) is 0.751. The summed E-state index contributed by atoms with van der Waals surface area (Å²) in [5.74, 6) is -0.991. The molecule has 5 nitrogen and oxygen atoms in total. The first-order chi connectivity index (χ1) is 12.7. The highest BCUT2D eigenvalue weighted by Gasteiger charge is 2.29. The zero-order valence-corrected chi connectivity index (χ0v) is 16.5. The number of hydrogen-bond donors (Lipinski definition) is 1. The van der Waals surface area contributed by atoms with Crippen molar-refractivity contribution < 1.29 is 17.6 Å². The first-order valence-electron chi connectivity index (χ1n) is 8.77. The Morgan fingerprint density at radius 1 is 1.11 bits per heavy atom. The molecule has 0 bridgehead atoms. The minimum atomic E-state index is -3.76. The number of carbonyl (C=O) groups excluding carboxylic acids is 1. The molecule has 0 radical (unpaired) electrons. The molecule has 1 N–H and O–H groups in total. The summed E-state index contributed by atoms with van der Waals surface area (Å²) in [5, 5.41) is 2.85. The van der Waals surface area contributed by atoms with Gasteiger partial charge in [-0.15, -0.1) is 0 Å². The van der Waals surface area contributed by atoms with Crippen molar-refractivity contribution in [2.24, 2.45) is 0 Å². The van der Waals surface area contributed by atoms with E-state index in [0.717, 1.165) is 29.5 Å². The van der Waals surface area contributed by atoms with Gasteiger partial charge in [-0.05, 0) is 50.5 Å². The van der Waals surface area contributed by atoms with Gasteiger partial charge in [0.05, 0.1) is 11.9 Å². The van der Waals surface area contributed by atoms with Crippen LogP contribution in [-0.4, -0.2) is 32.7 Å². The van der Waals surface area contributed by atoms with E-state index in [-0.39, 0.29) is 11.7 Å². The van der Waals surface area contributed by atoms with E-state index in [1.165, 1.54) is 30.7 Å². The maximum absolute atomic E-state index is 13.5. The average molecular weight is 392 g/mol. The molecule has 0 saturated heterocycles. The summed E-state index contributed by atoms with van der Waals surface area (Å²) in [6.07, 6.45) is 2.53. The molecule has 146 valence electrons. The number of halogens is 1. The highest BCUT2D eigenvalue weighted by Crippen LogP contribution is 2.21. The van der Waals surface area contributed by atoms with Crippen LogP contribution < -0.4 is 9.62 Å². The molecule has 0 aliphatic rings. The Hall–Kier alpha value is -2.41. The highest BCUT2D eigenvalue weighted by molar-refractivity contribution is 7.92. The Labute approximate surface area is 160 Å². The average Bonchev–Trinajstić information content (AvgIpc) is 2.60. The number of sulfonamides is 1. The number of nitrogens with one attached hydrogen (secondary N) is 1. The second-order valence-electron chi connectivity index (χ2n) is 6.65. The molecule has 7 heteroatoms. The molecule has 0 unspecified atom stereocenters. The minimum Gasteiger partial charge on any atom is -0.352 e. The van der Waals surface area contributed by atoms with Crippen LogP contribution in [0.15, 0.2) is 54.6 Å². The van der Waals surface area contributed by atoms with Gasteiger partial charge in [-0.1, -0.05) is 36.4 Å². The summed E-state index contributed by atoms with van der Waals surface area (Å²) in [5.41, 5.74) is 1.29. The summed E-state index contributed by atoms with van der Waals surface area (Å²) in [6.45, 7) is 3.37. The van der Waals surface area contributed by atoms with Gasteiger partial charge in [0.2, 0.25) is 15.9 Å². The maximum Gasteiger partial charge on any atom is 0.243 e. The normalized spacial score (nSPS) is 13.6. The van der Waals surface area contributed by atoms with Gasteiger partial charge in [0, 0.05) is 6.04 Å². The third kappa shape index (κ3) is 6.06. The molecule has 0 aliphatic heterocycles. The molecular weight excluding hydrogens is 367 g/mol. The standard InChI is InChI=1S/C20H25FN2O3S/c1-15(12-13-17-8-5-4-6-9-17)22-20(24)16(2)23(27(3,25)26)19-11-7-10-18(21)14-19/h4-11,14-16H,12-13H2,1-3H3,(H,22,24)/t15-,16+/m0/s1. The Morgan fingerprint density at radius 2 is 1.78 bits per heavy atom. The van der Waals surface area contributed by atoms with E-state index < -0.39 is 27.8 Å². The Balaban J connectivity index is 2.06. The number of anilines is 1. The van der Waals surface area contributed by atoms with E-state index in [1.54, 1.807) is 0 Å². The molecule has 27 heavy (non-hydrogen) atoms. The van der Waals surface area contributed by atoms with Crippen molar-refractivity contribution in [3.8, 4) is 0 Å². The van der Waals surface area contributed by atoms with Crippen molar-refractivity contribution >= 4 is 21.6 Å². The fraction of sp³-hybridized carbons (Fsp3) is 0.350. The lowest BCUT2D eigenvalue weighted by Crippen LogP contribution is -2.50. The molecule has 2 aromatic rings. The lowest BCUT2D eigenvalue weighted by Gasteiger charge is -2.29. The van der Waals surface area contributed by atoms with Crippen LogP contribution >= 0.6 is 0 Å².